The second kappa shape index (κ2) is 15.8. The Kier molecular flexibility index (Phi) is 11.1. The molecule has 1 aromatic carbocycles. The average Bonchev–Trinajstić information content (AvgIpc) is 4.06. The Labute approximate surface area is 311 Å². The Morgan fingerprint density at radius 2 is 1.68 bits per heavy atom. The lowest BCUT2D eigenvalue weighted by Gasteiger charge is -2.30. The zero-order valence-electron chi connectivity index (χ0n) is 30.7. The summed E-state index contributed by atoms with van der Waals surface area (Å²) in [7, 11) is -2.18. The first kappa shape index (κ1) is 37.4. The fraction of sp³-hybridized carbons (Fsp3) is 0.667. The van der Waals surface area contributed by atoms with E-state index < -0.39 is 50.8 Å². The summed E-state index contributed by atoms with van der Waals surface area (Å²) in [6.07, 6.45) is 13.6. The number of nitrogens with one attached hydrogen (secondary N) is 3. The third kappa shape index (κ3) is 8.42. The number of hydrogen-bond donors (Lipinski definition) is 3. The molecule has 4 amide bonds. The number of benzene rings is 1. The Hall–Kier alpha value is -3.94. The number of aryl methyl sites for hydroxylation is 1. The number of methoxy groups -OCH3 is 1. The van der Waals surface area contributed by atoms with Crippen LogP contribution in [-0.2, 0) is 35.6 Å². The van der Waals surface area contributed by atoms with E-state index in [1.807, 2.05) is 12.1 Å². The van der Waals surface area contributed by atoms with Gasteiger partial charge >= 0.3 is 0 Å². The topological polar surface area (TPSA) is 173 Å². The summed E-state index contributed by atoms with van der Waals surface area (Å²) >= 11 is 0. The number of sulfonamides is 1. The highest BCUT2D eigenvalue weighted by molar-refractivity contribution is 7.91. The lowest BCUT2D eigenvalue weighted by molar-refractivity contribution is -0.142. The van der Waals surface area contributed by atoms with Gasteiger partial charge in [0.2, 0.25) is 33.6 Å². The van der Waals surface area contributed by atoms with Crippen LogP contribution in [-0.4, -0.2) is 84.6 Å². The normalized spacial score (nSPS) is 29.3. The summed E-state index contributed by atoms with van der Waals surface area (Å²) in [5.41, 5.74) is -0.337. The Morgan fingerprint density at radius 1 is 0.962 bits per heavy atom. The van der Waals surface area contributed by atoms with E-state index in [0.29, 0.717) is 50.8 Å². The van der Waals surface area contributed by atoms with E-state index in [1.54, 1.807) is 13.3 Å². The maximum Gasteiger partial charge on any atom is 0.259 e. The van der Waals surface area contributed by atoms with Gasteiger partial charge in [0.05, 0.1) is 18.9 Å². The predicted octanol–water partition coefficient (Wildman–Crippen LogP) is 4.20. The SMILES string of the molecule is COc1cc2ccnc3c2cc1CCCCCCCC(=O)N[C@H]1CCCCCCC[C@@H]2C[C@@]2(C(=O)NS(=O)(=O)C2CC2)NC(=O)[C@@H]2C[C@H](CN2C1=O)O3. The van der Waals surface area contributed by atoms with Gasteiger partial charge in [-0.3, -0.25) is 23.9 Å². The fourth-order valence-electron chi connectivity index (χ4n) is 8.51. The lowest BCUT2D eigenvalue weighted by Crippen LogP contribution is -2.58. The number of pyridine rings is 1. The molecule has 288 valence electrons. The van der Waals surface area contributed by atoms with Crippen molar-refractivity contribution in [3.8, 4) is 11.6 Å². The van der Waals surface area contributed by atoms with Crippen molar-refractivity contribution in [2.24, 2.45) is 5.92 Å². The molecule has 1 aromatic heterocycles. The molecule has 3 N–H and O–H groups in total. The molecule has 13 nitrogen and oxygen atoms in total. The smallest absolute Gasteiger partial charge is 0.259 e. The lowest BCUT2D eigenvalue weighted by atomic mass is 10.0. The number of ether oxygens (including phenoxy) is 2. The molecule has 5 aliphatic rings. The minimum atomic E-state index is -3.84. The monoisotopic (exact) mass is 751 g/mol. The van der Waals surface area contributed by atoms with Crippen LogP contribution in [0.25, 0.3) is 10.8 Å². The van der Waals surface area contributed by atoms with E-state index in [-0.39, 0.29) is 30.7 Å². The first-order valence-electron chi connectivity index (χ1n) is 19.7. The van der Waals surface area contributed by atoms with Crippen LogP contribution < -0.4 is 24.8 Å². The van der Waals surface area contributed by atoms with E-state index in [2.05, 4.69) is 26.4 Å². The number of fused-ring (bicyclic) bond motifs is 4. The summed E-state index contributed by atoms with van der Waals surface area (Å²) in [5.74, 6) is -0.828. The summed E-state index contributed by atoms with van der Waals surface area (Å²) in [6, 6.07) is 4.11. The van der Waals surface area contributed by atoms with Gasteiger partial charge in [-0.05, 0) is 86.4 Å². The van der Waals surface area contributed by atoms with E-state index in [4.69, 9.17) is 9.47 Å². The summed E-state index contributed by atoms with van der Waals surface area (Å²) < 4.78 is 40.3. The van der Waals surface area contributed by atoms with E-state index >= 15 is 0 Å². The van der Waals surface area contributed by atoms with Crippen LogP contribution in [0.1, 0.15) is 115 Å². The van der Waals surface area contributed by atoms with Crippen LogP contribution in [0.5, 0.6) is 11.6 Å². The van der Waals surface area contributed by atoms with Crippen LogP contribution in [0.3, 0.4) is 0 Å². The van der Waals surface area contributed by atoms with Crippen molar-refractivity contribution in [2.45, 2.75) is 145 Å². The van der Waals surface area contributed by atoms with Crippen molar-refractivity contribution >= 4 is 44.4 Å². The number of amides is 4. The number of carbonyl (C=O) groups is 4. The molecule has 2 saturated heterocycles. The molecule has 0 unspecified atom stereocenters. The summed E-state index contributed by atoms with van der Waals surface area (Å²) in [5, 5.41) is 7.09. The highest BCUT2D eigenvalue weighted by Crippen LogP contribution is 2.48. The predicted molar refractivity (Wildman–Crippen MR) is 198 cm³/mol. The molecule has 4 heterocycles. The zero-order valence-corrected chi connectivity index (χ0v) is 31.5. The molecular formula is C39H53N5O8S. The van der Waals surface area contributed by atoms with Crippen molar-refractivity contribution in [1.82, 2.24) is 25.2 Å². The maximum absolute atomic E-state index is 14.5. The van der Waals surface area contributed by atoms with Crippen LogP contribution in [0.15, 0.2) is 24.4 Å². The van der Waals surface area contributed by atoms with Crippen LogP contribution in [0.4, 0.5) is 0 Å². The molecule has 53 heavy (non-hydrogen) atoms. The number of carbonyl (C=O) groups excluding carboxylic acids is 4. The largest absolute Gasteiger partial charge is 0.496 e. The molecule has 2 aromatic rings. The third-order valence-corrected chi connectivity index (χ3v) is 13.7. The van der Waals surface area contributed by atoms with Gasteiger partial charge in [-0.25, -0.2) is 13.4 Å². The third-order valence-electron chi connectivity index (χ3n) is 11.8. The van der Waals surface area contributed by atoms with Gasteiger partial charge in [-0.2, -0.15) is 0 Å². The van der Waals surface area contributed by atoms with Crippen molar-refractivity contribution in [1.29, 1.82) is 0 Å². The minimum absolute atomic E-state index is 0.0725. The number of rotatable bonds is 4. The van der Waals surface area contributed by atoms with Crippen molar-refractivity contribution < 1.29 is 37.1 Å². The molecule has 0 spiro atoms. The van der Waals surface area contributed by atoms with Gasteiger partial charge in [0, 0.05) is 24.4 Å². The van der Waals surface area contributed by atoms with Crippen LogP contribution >= 0.6 is 0 Å². The zero-order chi connectivity index (χ0) is 37.2. The highest BCUT2D eigenvalue weighted by Gasteiger charge is 2.62. The molecule has 5 atom stereocenters. The van der Waals surface area contributed by atoms with Crippen molar-refractivity contribution in [3.63, 3.8) is 0 Å². The van der Waals surface area contributed by atoms with E-state index in [1.165, 1.54) is 4.90 Å². The Bertz CT molecular complexity index is 1830. The first-order chi connectivity index (χ1) is 25.6. The highest BCUT2D eigenvalue weighted by atomic mass is 32.2. The van der Waals surface area contributed by atoms with E-state index in [9.17, 15) is 27.6 Å². The van der Waals surface area contributed by atoms with Gasteiger partial charge in [0.1, 0.15) is 29.5 Å². The molecule has 0 radical (unpaired) electrons. The Balaban J connectivity index is 1.22. The molecule has 14 heteroatoms. The average molecular weight is 752 g/mol. The second-order valence-corrected chi connectivity index (χ2v) is 17.7. The summed E-state index contributed by atoms with van der Waals surface area (Å²) in [6.45, 7) is 0.0725. The number of aromatic nitrogens is 1. The molecular weight excluding hydrogens is 699 g/mol. The van der Waals surface area contributed by atoms with Gasteiger partial charge in [-0.15, -0.1) is 0 Å². The number of nitrogens with zero attached hydrogens (tertiary/aromatic N) is 2. The molecule has 7 rings (SSSR count). The number of hydrogen-bond acceptors (Lipinski definition) is 9. The molecule has 2 saturated carbocycles. The quantitative estimate of drug-likeness (QED) is 0.414. The standard InChI is InChI=1S/C39H53N5O8S/c1-51-33-21-25-18-19-40-36-30(25)20-26(33)12-8-4-2-7-11-15-34(45)41-31-14-10-6-3-5-9-13-27-23-39(27,38(48)43-53(49,50)29-16-17-29)42-35(46)32-22-28(52-36)24-44(32)37(31)47/h18-21,27-29,31-32H,2-17,22-24H2,1H3,(H,41,45)(H,42,46)(H,43,48)/t27-,28-,31+,32+,39-/m1/s1. The maximum atomic E-state index is 14.5. The minimum Gasteiger partial charge on any atom is -0.496 e. The summed E-state index contributed by atoms with van der Waals surface area (Å²) in [4.78, 5) is 62.0. The van der Waals surface area contributed by atoms with Gasteiger partial charge in [-0.1, -0.05) is 51.4 Å². The molecule has 4 fully saturated rings. The molecule has 3 aliphatic heterocycles. The van der Waals surface area contributed by atoms with Crippen molar-refractivity contribution in [2.75, 3.05) is 13.7 Å². The van der Waals surface area contributed by atoms with Crippen LogP contribution in [0.2, 0.25) is 0 Å². The second-order valence-electron chi connectivity index (χ2n) is 15.8. The van der Waals surface area contributed by atoms with Gasteiger partial charge in [0.15, 0.2) is 0 Å². The Morgan fingerprint density at radius 3 is 2.43 bits per heavy atom. The molecule has 5 bridgehead atoms. The first-order valence-corrected chi connectivity index (χ1v) is 21.2. The van der Waals surface area contributed by atoms with Gasteiger partial charge < -0.3 is 25.0 Å². The van der Waals surface area contributed by atoms with Crippen LogP contribution in [0, 0.1) is 5.92 Å². The van der Waals surface area contributed by atoms with Gasteiger partial charge in [0.25, 0.3) is 5.91 Å². The van der Waals surface area contributed by atoms with Crippen molar-refractivity contribution in [3.05, 3.63) is 30.0 Å². The van der Waals surface area contributed by atoms with E-state index in [0.717, 1.165) is 86.3 Å². The fourth-order valence-corrected chi connectivity index (χ4v) is 9.87. The molecule has 2 aliphatic carbocycles.